The molecular weight excluding hydrogens is 166 g/mol. The largest absolute Gasteiger partial charge is 0.319 e. The fourth-order valence-corrected chi connectivity index (χ4v) is 1.21. The van der Waals surface area contributed by atoms with Crippen LogP contribution in [0.4, 0.5) is 0 Å². The summed E-state index contributed by atoms with van der Waals surface area (Å²) in [6.07, 6.45) is 3.91. The number of aromatic amines is 1. The number of aromatic nitrogens is 3. The van der Waals surface area contributed by atoms with E-state index in [1.54, 1.807) is 18.5 Å². The average Bonchev–Trinajstić information content (AvgIpc) is 2.17. The van der Waals surface area contributed by atoms with Gasteiger partial charge in [-0.2, -0.15) is 0 Å². The predicted molar refractivity (Wildman–Crippen MR) is 49.5 cm³/mol. The smallest absolute Gasteiger partial charge is 0.270 e. The predicted octanol–water partition coefficient (Wildman–Crippen LogP) is 0.880. The van der Waals surface area contributed by atoms with Gasteiger partial charge in [-0.25, -0.2) is 4.98 Å². The maximum Gasteiger partial charge on any atom is 0.270 e. The van der Waals surface area contributed by atoms with Crippen LogP contribution in [0.3, 0.4) is 0 Å². The van der Waals surface area contributed by atoms with Crippen molar-refractivity contribution in [1.82, 2.24) is 15.0 Å². The van der Waals surface area contributed by atoms with Gasteiger partial charge in [-0.05, 0) is 12.5 Å². The summed E-state index contributed by atoms with van der Waals surface area (Å²) in [5.41, 5.74) is 1.91. The zero-order valence-electron chi connectivity index (χ0n) is 7.24. The Bertz CT molecular complexity index is 489. The van der Waals surface area contributed by atoms with Crippen molar-refractivity contribution in [3.8, 4) is 0 Å². The first-order valence-corrected chi connectivity index (χ1v) is 4.14. The lowest BCUT2D eigenvalue weighted by Crippen LogP contribution is -2.14. The first-order valence-electron chi connectivity index (χ1n) is 4.14. The molecule has 0 amide bonds. The molecule has 2 aromatic heterocycles. The first-order chi connectivity index (χ1) is 6.31. The fourth-order valence-electron chi connectivity index (χ4n) is 1.21. The zero-order valence-corrected chi connectivity index (χ0v) is 7.24. The molecule has 0 aliphatic heterocycles. The number of H-pyrrole nitrogens is 1. The maximum atomic E-state index is 11.3. The van der Waals surface area contributed by atoms with Crippen molar-refractivity contribution in [2.45, 2.75) is 13.3 Å². The van der Waals surface area contributed by atoms with Gasteiger partial charge in [0.25, 0.3) is 5.56 Å². The van der Waals surface area contributed by atoms with Crippen molar-refractivity contribution in [2.75, 3.05) is 0 Å². The number of pyridine rings is 1. The van der Waals surface area contributed by atoms with Gasteiger partial charge in [-0.3, -0.25) is 9.78 Å². The summed E-state index contributed by atoms with van der Waals surface area (Å²) >= 11 is 0. The second-order valence-corrected chi connectivity index (χ2v) is 2.76. The fraction of sp³-hybridized carbons (Fsp3) is 0.222. The number of rotatable bonds is 1. The van der Waals surface area contributed by atoms with Gasteiger partial charge in [0.15, 0.2) is 0 Å². The van der Waals surface area contributed by atoms with Gasteiger partial charge in [0.1, 0.15) is 11.2 Å². The summed E-state index contributed by atoms with van der Waals surface area (Å²) in [7, 11) is 0. The Labute approximate surface area is 74.7 Å². The van der Waals surface area contributed by atoms with E-state index < -0.39 is 0 Å². The molecule has 0 bridgehead atoms. The van der Waals surface area contributed by atoms with Crippen LogP contribution in [0.25, 0.3) is 11.0 Å². The lowest BCUT2D eigenvalue weighted by atomic mass is 10.3. The summed E-state index contributed by atoms with van der Waals surface area (Å²) in [6, 6.07) is 1.74. The van der Waals surface area contributed by atoms with E-state index in [2.05, 4.69) is 15.0 Å². The van der Waals surface area contributed by atoms with Crippen LogP contribution in [-0.4, -0.2) is 15.0 Å². The number of nitrogens with zero attached hydrogens (tertiary/aromatic N) is 2. The molecule has 0 saturated heterocycles. The molecule has 1 N–H and O–H groups in total. The minimum atomic E-state index is -0.110. The summed E-state index contributed by atoms with van der Waals surface area (Å²) in [5.74, 6) is 0. The van der Waals surface area contributed by atoms with Crippen LogP contribution < -0.4 is 5.56 Å². The number of fused-ring (bicyclic) bond motifs is 1. The van der Waals surface area contributed by atoms with Crippen molar-refractivity contribution in [2.24, 2.45) is 0 Å². The number of aryl methyl sites for hydroxylation is 1. The molecule has 0 saturated carbocycles. The Morgan fingerprint density at radius 3 is 3.15 bits per heavy atom. The SMILES string of the molecule is CCc1nc2cnccc2[nH]c1=O. The van der Waals surface area contributed by atoms with E-state index in [9.17, 15) is 4.79 Å². The standard InChI is InChI=1S/C9H9N3O/c1-2-6-9(13)12-7-3-4-10-5-8(7)11-6/h3-5H,2H2,1H3,(H,12,13). The lowest BCUT2D eigenvalue weighted by molar-refractivity contribution is 0.993. The molecule has 4 nitrogen and oxygen atoms in total. The second kappa shape index (κ2) is 2.97. The Morgan fingerprint density at radius 1 is 1.54 bits per heavy atom. The normalized spacial score (nSPS) is 10.5. The third-order valence-corrected chi connectivity index (χ3v) is 1.90. The van der Waals surface area contributed by atoms with Crippen LogP contribution in [0, 0.1) is 0 Å². The van der Waals surface area contributed by atoms with Crippen molar-refractivity contribution >= 4 is 11.0 Å². The molecule has 0 spiro atoms. The van der Waals surface area contributed by atoms with Crippen LogP contribution >= 0.6 is 0 Å². The van der Waals surface area contributed by atoms with Crippen molar-refractivity contribution in [1.29, 1.82) is 0 Å². The van der Waals surface area contributed by atoms with Gasteiger partial charge in [-0.15, -0.1) is 0 Å². The summed E-state index contributed by atoms with van der Waals surface area (Å²) in [5, 5.41) is 0. The summed E-state index contributed by atoms with van der Waals surface area (Å²) < 4.78 is 0. The monoisotopic (exact) mass is 175 g/mol. The van der Waals surface area contributed by atoms with E-state index in [0.29, 0.717) is 12.1 Å². The molecule has 0 fully saturated rings. The van der Waals surface area contributed by atoms with Gasteiger partial charge in [0, 0.05) is 6.20 Å². The third kappa shape index (κ3) is 1.30. The van der Waals surface area contributed by atoms with Crippen molar-refractivity contribution in [3.63, 3.8) is 0 Å². The number of hydrogen-bond acceptors (Lipinski definition) is 3. The summed E-state index contributed by atoms with van der Waals surface area (Å²) in [6.45, 7) is 1.90. The number of nitrogens with one attached hydrogen (secondary N) is 1. The minimum absolute atomic E-state index is 0.110. The van der Waals surface area contributed by atoms with Gasteiger partial charge < -0.3 is 4.98 Å². The van der Waals surface area contributed by atoms with E-state index in [0.717, 1.165) is 11.0 Å². The molecule has 0 aliphatic rings. The topological polar surface area (TPSA) is 58.6 Å². The third-order valence-electron chi connectivity index (χ3n) is 1.90. The van der Waals surface area contributed by atoms with Crippen LogP contribution in [-0.2, 0) is 6.42 Å². The maximum absolute atomic E-state index is 11.3. The molecule has 4 heteroatoms. The zero-order chi connectivity index (χ0) is 9.26. The van der Waals surface area contributed by atoms with Crippen LogP contribution in [0.5, 0.6) is 0 Å². The van der Waals surface area contributed by atoms with Crippen molar-refractivity contribution in [3.05, 3.63) is 34.5 Å². The molecule has 0 aliphatic carbocycles. The molecule has 66 valence electrons. The summed E-state index contributed by atoms with van der Waals surface area (Å²) in [4.78, 5) is 22.2. The van der Waals surface area contributed by atoms with Gasteiger partial charge in [0.2, 0.25) is 0 Å². The Morgan fingerprint density at radius 2 is 2.38 bits per heavy atom. The van der Waals surface area contributed by atoms with E-state index >= 15 is 0 Å². The quantitative estimate of drug-likeness (QED) is 0.699. The Kier molecular flexibility index (Phi) is 1.81. The highest BCUT2D eigenvalue weighted by molar-refractivity contribution is 5.72. The molecular formula is C9H9N3O. The molecule has 2 heterocycles. The van der Waals surface area contributed by atoms with Gasteiger partial charge in [-0.1, -0.05) is 6.92 Å². The van der Waals surface area contributed by atoms with Crippen molar-refractivity contribution < 1.29 is 0 Å². The molecule has 13 heavy (non-hydrogen) atoms. The van der Waals surface area contributed by atoms with E-state index in [1.807, 2.05) is 6.92 Å². The molecule has 0 unspecified atom stereocenters. The molecule has 0 radical (unpaired) electrons. The minimum Gasteiger partial charge on any atom is -0.319 e. The lowest BCUT2D eigenvalue weighted by Gasteiger charge is -1.98. The molecule has 0 atom stereocenters. The van der Waals surface area contributed by atoms with Crippen LogP contribution in [0.15, 0.2) is 23.3 Å². The molecule has 2 rings (SSSR count). The molecule has 2 aromatic rings. The first kappa shape index (κ1) is 7.91. The highest BCUT2D eigenvalue weighted by Gasteiger charge is 2.01. The van der Waals surface area contributed by atoms with Gasteiger partial charge in [0.05, 0.1) is 11.7 Å². The van der Waals surface area contributed by atoms with E-state index in [1.165, 1.54) is 0 Å². The number of hydrogen-bond donors (Lipinski definition) is 1. The average molecular weight is 175 g/mol. The van der Waals surface area contributed by atoms with Crippen LogP contribution in [0.1, 0.15) is 12.6 Å². The second-order valence-electron chi connectivity index (χ2n) is 2.76. The van der Waals surface area contributed by atoms with E-state index in [4.69, 9.17) is 0 Å². The van der Waals surface area contributed by atoms with Crippen LogP contribution in [0.2, 0.25) is 0 Å². The molecule has 0 aromatic carbocycles. The Balaban J connectivity index is 2.81. The highest BCUT2D eigenvalue weighted by atomic mass is 16.1. The highest BCUT2D eigenvalue weighted by Crippen LogP contribution is 2.03. The Hall–Kier alpha value is -1.71. The van der Waals surface area contributed by atoms with Gasteiger partial charge >= 0.3 is 0 Å². The van der Waals surface area contributed by atoms with E-state index in [-0.39, 0.29) is 5.56 Å².